The number of benzene rings is 3. The van der Waals surface area contributed by atoms with E-state index in [0.29, 0.717) is 18.2 Å². The minimum atomic E-state index is -1.73. The van der Waals surface area contributed by atoms with Crippen LogP contribution in [0.15, 0.2) is 60.7 Å². The summed E-state index contributed by atoms with van der Waals surface area (Å²) in [6, 6.07) is 17.0. The second-order valence-electron chi connectivity index (χ2n) is 11.1. The first-order valence-corrected chi connectivity index (χ1v) is 13.1. The normalized spacial score (nSPS) is 30.7. The van der Waals surface area contributed by atoms with E-state index in [1.165, 1.54) is 12.1 Å². The van der Waals surface area contributed by atoms with E-state index >= 15 is 0 Å². The number of anilines is 1. The van der Waals surface area contributed by atoms with E-state index in [9.17, 15) is 29.9 Å². The van der Waals surface area contributed by atoms with E-state index in [1.807, 2.05) is 38.1 Å². The number of fused-ring (bicyclic) bond motifs is 4. The van der Waals surface area contributed by atoms with Gasteiger partial charge in [0.05, 0.1) is 23.6 Å². The fraction of sp³-hybridized carbons (Fsp3) is 0.379. The van der Waals surface area contributed by atoms with Crippen molar-refractivity contribution in [3.05, 3.63) is 66.2 Å². The lowest BCUT2D eigenvalue weighted by molar-refractivity contribution is -0.276. The lowest BCUT2D eigenvalue weighted by Gasteiger charge is -2.46. The Balaban J connectivity index is 1.41. The molecule has 3 aromatic rings. The van der Waals surface area contributed by atoms with Crippen LogP contribution in [0.3, 0.4) is 0 Å². The van der Waals surface area contributed by atoms with Gasteiger partial charge in [0.2, 0.25) is 11.8 Å². The fourth-order valence-electron chi connectivity index (χ4n) is 7.03. The van der Waals surface area contributed by atoms with Gasteiger partial charge in [-0.1, -0.05) is 56.3 Å². The molecule has 2 aliphatic heterocycles. The summed E-state index contributed by atoms with van der Waals surface area (Å²) >= 11 is 0. The SMILES string of the molecule is CC(C)[C@H]1C[C@@H]2C(=O)N(c3cccc(B(O)O)c3)C(=O)[C@@H]2[C@@H]2C[C@@H](c3ccc(O)c4ccccc34)O[C@]12O. The van der Waals surface area contributed by atoms with Gasteiger partial charge in [0.25, 0.3) is 0 Å². The maximum absolute atomic E-state index is 13.9. The number of hydrogen-bond acceptors (Lipinski definition) is 7. The molecule has 6 rings (SSSR count). The Hall–Kier alpha value is -3.24. The maximum Gasteiger partial charge on any atom is 0.488 e. The molecule has 4 N–H and O–H groups in total. The van der Waals surface area contributed by atoms with Gasteiger partial charge in [0.1, 0.15) is 5.75 Å². The summed E-state index contributed by atoms with van der Waals surface area (Å²) in [7, 11) is -1.73. The highest BCUT2D eigenvalue weighted by Gasteiger charge is 2.67. The Kier molecular flexibility index (Phi) is 5.88. The number of nitrogens with zero attached hydrogens (tertiary/aromatic N) is 1. The number of ether oxygens (including phenoxy) is 1. The van der Waals surface area contributed by atoms with E-state index < -0.39 is 42.7 Å². The number of aromatic hydroxyl groups is 1. The molecule has 1 saturated carbocycles. The highest BCUT2D eigenvalue weighted by molar-refractivity contribution is 6.58. The van der Waals surface area contributed by atoms with Crippen molar-refractivity contribution in [1.29, 1.82) is 0 Å². The number of rotatable bonds is 4. The first-order valence-electron chi connectivity index (χ1n) is 13.1. The number of phenols is 1. The second-order valence-corrected chi connectivity index (χ2v) is 11.1. The van der Waals surface area contributed by atoms with Crippen molar-refractivity contribution in [2.75, 3.05) is 4.90 Å². The molecule has 8 nitrogen and oxygen atoms in total. The Bertz CT molecular complexity index is 1440. The van der Waals surface area contributed by atoms with Gasteiger partial charge in [0.15, 0.2) is 5.79 Å². The third kappa shape index (κ3) is 3.60. The molecule has 2 saturated heterocycles. The topological polar surface area (TPSA) is 128 Å². The molecule has 0 aromatic heterocycles. The van der Waals surface area contributed by atoms with Gasteiger partial charge >= 0.3 is 7.12 Å². The van der Waals surface area contributed by atoms with Crippen LogP contribution in [0.25, 0.3) is 10.8 Å². The molecule has 3 aliphatic rings. The second kappa shape index (κ2) is 8.91. The van der Waals surface area contributed by atoms with Gasteiger partial charge in [-0.25, -0.2) is 0 Å². The van der Waals surface area contributed by atoms with Crippen molar-refractivity contribution in [1.82, 2.24) is 0 Å². The van der Waals surface area contributed by atoms with Gasteiger partial charge in [-0.2, -0.15) is 0 Å². The van der Waals surface area contributed by atoms with Crippen molar-refractivity contribution < 1.29 is 34.6 Å². The third-order valence-corrected chi connectivity index (χ3v) is 8.79. The molecule has 2 heterocycles. The minimum Gasteiger partial charge on any atom is -0.507 e. The van der Waals surface area contributed by atoms with Gasteiger partial charge in [0, 0.05) is 17.2 Å². The predicted octanol–water partition coefficient (Wildman–Crippen LogP) is 2.47. The molecule has 0 radical (unpaired) electrons. The van der Waals surface area contributed by atoms with Crippen LogP contribution in [0.5, 0.6) is 5.75 Å². The van der Waals surface area contributed by atoms with Crippen LogP contribution in [-0.4, -0.2) is 45.0 Å². The van der Waals surface area contributed by atoms with Crippen LogP contribution in [0.1, 0.15) is 38.4 Å². The smallest absolute Gasteiger partial charge is 0.488 e. The molecule has 9 heteroatoms. The standard InChI is InChI=1S/C29H30BNO7/c1-15(2)22-13-21-26(28(34)31(27(21)33)17-7-5-6-16(12-17)30(36)37)23-14-25(38-29(22,23)35)20-10-11-24(32)19-9-4-3-8-18(19)20/h3-12,15,21-23,25-26,32,35-37H,13-14H2,1-2H3/t21-,22+,23-,25-,26-,29+/m0/s1. The van der Waals surface area contributed by atoms with Crippen LogP contribution in [-0.2, 0) is 14.3 Å². The molecule has 196 valence electrons. The van der Waals surface area contributed by atoms with E-state index in [4.69, 9.17) is 4.74 Å². The molecule has 3 fully saturated rings. The molecular formula is C29H30BNO7. The fourth-order valence-corrected chi connectivity index (χ4v) is 7.03. The number of carbonyl (C=O) groups is 2. The summed E-state index contributed by atoms with van der Waals surface area (Å²) in [5.41, 5.74) is 1.28. The predicted molar refractivity (Wildman–Crippen MR) is 141 cm³/mol. The Morgan fingerprint density at radius 3 is 2.42 bits per heavy atom. The lowest BCUT2D eigenvalue weighted by atomic mass is 9.62. The van der Waals surface area contributed by atoms with E-state index in [1.54, 1.807) is 24.3 Å². The first-order chi connectivity index (χ1) is 18.1. The summed E-state index contributed by atoms with van der Waals surface area (Å²) in [6.07, 6.45) is 0.125. The van der Waals surface area contributed by atoms with Gasteiger partial charge in [-0.3, -0.25) is 14.5 Å². The van der Waals surface area contributed by atoms with Crippen molar-refractivity contribution >= 4 is 40.9 Å². The molecule has 0 bridgehead atoms. The molecule has 6 atom stereocenters. The summed E-state index contributed by atoms with van der Waals surface area (Å²) in [4.78, 5) is 28.7. The summed E-state index contributed by atoms with van der Waals surface area (Å²) in [6.45, 7) is 3.97. The van der Waals surface area contributed by atoms with Crippen molar-refractivity contribution in [2.45, 2.75) is 38.6 Å². The number of aliphatic hydroxyl groups is 1. The molecule has 2 amide bonds. The van der Waals surface area contributed by atoms with Crippen LogP contribution in [0, 0.1) is 29.6 Å². The summed E-state index contributed by atoms with van der Waals surface area (Å²) in [5.74, 6) is -4.56. The number of hydrogen-bond donors (Lipinski definition) is 4. The monoisotopic (exact) mass is 515 g/mol. The Morgan fingerprint density at radius 2 is 1.71 bits per heavy atom. The zero-order chi connectivity index (χ0) is 26.9. The average molecular weight is 515 g/mol. The number of imide groups is 1. The summed E-state index contributed by atoms with van der Waals surface area (Å²) in [5, 5.41) is 43.2. The quantitative estimate of drug-likeness (QED) is 0.311. The molecule has 0 unspecified atom stereocenters. The molecule has 38 heavy (non-hydrogen) atoms. The molecule has 1 aliphatic carbocycles. The van der Waals surface area contributed by atoms with E-state index in [-0.39, 0.29) is 34.6 Å². The van der Waals surface area contributed by atoms with Gasteiger partial charge < -0.3 is 25.0 Å². The largest absolute Gasteiger partial charge is 0.507 e. The van der Waals surface area contributed by atoms with Crippen LogP contribution >= 0.6 is 0 Å². The van der Waals surface area contributed by atoms with Crippen LogP contribution < -0.4 is 10.4 Å². The Morgan fingerprint density at radius 1 is 0.974 bits per heavy atom. The molecular weight excluding hydrogens is 485 g/mol. The lowest BCUT2D eigenvalue weighted by Crippen LogP contribution is -2.55. The summed E-state index contributed by atoms with van der Waals surface area (Å²) < 4.78 is 6.47. The van der Waals surface area contributed by atoms with E-state index in [0.717, 1.165) is 15.8 Å². The number of phenolic OH excluding ortho intramolecular Hbond substituents is 1. The van der Waals surface area contributed by atoms with Crippen molar-refractivity contribution in [3.8, 4) is 5.75 Å². The Labute approximate surface area is 220 Å². The highest BCUT2D eigenvalue weighted by Crippen LogP contribution is 2.60. The number of amides is 2. The van der Waals surface area contributed by atoms with Gasteiger partial charge in [-0.15, -0.1) is 0 Å². The third-order valence-electron chi connectivity index (χ3n) is 8.79. The van der Waals surface area contributed by atoms with Crippen LogP contribution in [0.2, 0.25) is 0 Å². The van der Waals surface area contributed by atoms with Gasteiger partial charge in [-0.05, 0) is 53.4 Å². The number of carbonyl (C=O) groups excluding carboxylic acids is 2. The zero-order valence-corrected chi connectivity index (χ0v) is 21.2. The first kappa shape index (κ1) is 25.1. The van der Waals surface area contributed by atoms with Crippen LogP contribution in [0.4, 0.5) is 5.69 Å². The minimum absolute atomic E-state index is 0.0106. The average Bonchev–Trinajstić information content (AvgIpc) is 3.37. The molecule has 0 spiro atoms. The maximum atomic E-state index is 13.9. The molecule has 3 aromatic carbocycles. The highest BCUT2D eigenvalue weighted by atomic mass is 16.6. The zero-order valence-electron chi connectivity index (χ0n) is 21.2. The van der Waals surface area contributed by atoms with E-state index in [2.05, 4.69) is 0 Å². The van der Waals surface area contributed by atoms with Crippen molar-refractivity contribution in [2.24, 2.45) is 29.6 Å². The van der Waals surface area contributed by atoms with Crippen molar-refractivity contribution in [3.63, 3.8) is 0 Å².